The summed E-state index contributed by atoms with van der Waals surface area (Å²) in [5.41, 5.74) is 1.87. The number of pyridine rings is 2. The number of halogens is 3. The zero-order valence-corrected chi connectivity index (χ0v) is 13.3. The van der Waals surface area contributed by atoms with Gasteiger partial charge >= 0.3 is 6.18 Å². The highest BCUT2D eigenvalue weighted by Gasteiger charge is 2.34. The summed E-state index contributed by atoms with van der Waals surface area (Å²) in [6, 6.07) is 6.72. The number of anilines is 1. The number of nitrogens with zero attached hydrogens (tertiary/aromatic N) is 5. The Balaban J connectivity index is 1.50. The largest absolute Gasteiger partial charge is 0.435 e. The fraction of sp³-hybridized carbons (Fsp3) is 0.353. The monoisotopic (exact) mass is 347 g/mol. The maximum atomic E-state index is 12.7. The molecule has 1 aliphatic heterocycles. The molecule has 1 saturated heterocycles. The van der Waals surface area contributed by atoms with Gasteiger partial charge in [0, 0.05) is 31.7 Å². The normalized spacial score (nSPS) is 16.5. The molecule has 4 heterocycles. The zero-order valence-electron chi connectivity index (χ0n) is 13.3. The Morgan fingerprint density at radius 2 is 1.80 bits per heavy atom. The lowest BCUT2D eigenvalue weighted by atomic mass is 10.0. The topological polar surface area (TPSA) is 46.8 Å². The Morgan fingerprint density at radius 1 is 1.00 bits per heavy atom. The molecule has 0 aromatic carbocycles. The Kier molecular flexibility index (Phi) is 3.82. The second-order valence-corrected chi connectivity index (χ2v) is 6.10. The summed E-state index contributed by atoms with van der Waals surface area (Å²) in [4.78, 5) is 10.9. The van der Waals surface area contributed by atoms with Crippen molar-refractivity contribution in [2.75, 3.05) is 18.0 Å². The van der Waals surface area contributed by atoms with Crippen LogP contribution in [0.15, 0.2) is 42.9 Å². The van der Waals surface area contributed by atoms with Gasteiger partial charge in [-0.2, -0.15) is 18.3 Å². The third-order valence-corrected chi connectivity index (χ3v) is 4.55. The van der Waals surface area contributed by atoms with Gasteiger partial charge < -0.3 is 4.90 Å². The fourth-order valence-electron chi connectivity index (χ4n) is 3.28. The van der Waals surface area contributed by atoms with E-state index < -0.39 is 11.9 Å². The van der Waals surface area contributed by atoms with Gasteiger partial charge in [-0.1, -0.05) is 0 Å². The maximum absolute atomic E-state index is 12.7. The average molecular weight is 347 g/mol. The molecule has 1 aliphatic rings. The summed E-state index contributed by atoms with van der Waals surface area (Å²) in [5.74, 6) is 0. The lowest BCUT2D eigenvalue weighted by molar-refractivity contribution is -0.141. The van der Waals surface area contributed by atoms with Crippen LogP contribution < -0.4 is 4.90 Å². The van der Waals surface area contributed by atoms with Crippen LogP contribution in [0.5, 0.6) is 0 Å². The van der Waals surface area contributed by atoms with Crippen molar-refractivity contribution in [1.82, 2.24) is 19.7 Å². The molecule has 0 saturated carbocycles. The molecule has 3 aromatic heterocycles. The van der Waals surface area contributed by atoms with Crippen LogP contribution in [-0.2, 0) is 6.18 Å². The number of hydrogen-bond acceptors (Lipinski definition) is 4. The minimum atomic E-state index is -4.40. The summed E-state index contributed by atoms with van der Waals surface area (Å²) in [5, 5.41) is 3.70. The molecule has 0 spiro atoms. The molecule has 4 rings (SSSR count). The quantitative estimate of drug-likeness (QED) is 0.709. The van der Waals surface area contributed by atoms with E-state index in [0.717, 1.165) is 48.7 Å². The van der Waals surface area contributed by atoms with E-state index in [4.69, 9.17) is 0 Å². The molecule has 0 amide bonds. The smallest absolute Gasteiger partial charge is 0.370 e. The van der Waals surface area contributed by atoms with Crippen molar-refractivity contribution in [2.45, 2.75) is 25.1 Å². The van der Waals surface area contributed by atoms with E-state index in [2.05, 4.69) is 20.0 Å². The number of alkyl halides is 3. The minimum Gasteiger partial charge on any atom is -0.370 e. The van der Waals surface area contributed by atoms with Crippen LogP contribution in [0.25, 0.3) is 11.0 Å². The van der Waals surface area contributed by atoms with Crippen molar-refractivity contribution >= 4 is 16.7 Å². The molecule has 1 fully saturated rings. The van der Waals surface area contributed by atoms with Crippen LogP contribution in [0, 0.1) is 0 Å². The Labute approximate surface area is 142 Å². The van der Waals surface area contributed by atoms with Gasteiger partial charge in [0.2, 0.25) is 0 Å². The zero-order chi connectivity index (χ0) is 17.4. The summed E-state index contributed by atoms with van der Waals surface area (Å²) < 4.78 is 39.6. The summed E-state index contributed by atoms with van der Waals surface area (Å²) in [6.45, 7) is 1.48. The number of hydrogen-bond donors (Lipinski definition) is 0. The van der Waals surface area contributed by atoms with Crippen LogP contribution in [0.1, 0.15) is 24.6 Å². The van der Waals surface area contributed by atoms with Gasteiger partial charge in [0.05, 0.1) is 17.2 Å². The summed E-state index contributed by atoms with van der Waals surface area (Å²) in [6.07, 6.45) is 1.99. The molecule has 0 aliphatic carbocycles. The van der Waals surface area contributed by atoms with Crippen molar-refractivity contribution in [3.63, 3.8) is 0 Å². The fourth-order valence-corrected chi connectivity index (χ4v) is 3.28. The highest BCUT2D eigenvalue weighted by molar-refractivity contribution is 5.87. The van der Waals surface area contributed by atoms with Crippen molar-refractivity contribution in [2.24, 2.45) is 0 Å². The summed E-state index contributed by atoms with van der Waals surface area (Å²) >= 11 is 0. The first-order chi connectivity index (χ1) is 12.0. The first kappa shape index (κ1) is 15.9. The minimum absolute atomic E-state index is 0.0200. The van der Waals surface area contributed by atoms with Gasteiger partial charge in [0.25, 0.3) is 0 Å². The number of aromatic nitrogens is 4. The highest BCUT2D eigenvalue weighted by Crippen LogP contribution is 2.32. The van der Waals surface area contributed by atoms with Crippen molar-refractivity contribution in [3.8, 4) is 0 Å². The molecule has 3 aromatic rings. The molecule has 25 heavy (non-hydrogen) atoms. The predicted molar refractivity (Wildman–Crippen MR) is 87.3 cm³/mol. The molecule has 0 atom stereocenters. The van der Waals surface area contributed by atoms with E-state index in [1.54, 1.807) is 12.4 Å². The molecule has 5 nitrogen and oxygen atoms in total. The number of rotatable bonds is 2. The summed E-state index contributed by atoms with van der Waals surface area (Å²) in [7, 11) is 0. The van der Waals surface area contributed by atoms with Crippen LogP contribution in [0.4, 0.5) is 18.9 Å². The second-order valence-electron chi connectivity index (χ2n) is 6.10. The lowest BCUT2D eigenvalue weighted by Crippen LogP contribution is -2.35. The molecule has 0 unspecified atom stereocenters. The average Bonchev–Trinajstić information content (AvgIpc) is 3.12. The molecule has 0 N–H and O–H groups in total. The van der Waals surface area contributed by atoms with Gasteiger partial charge in [0.15, 0.2) is 5.69 Å². The van der Waals surface area contributed by atoms with Crippen LogP contribution in [0.2, 0.25) is 0 Å². The maximum Gasteiger partial charge on any atom is 0.435 e. The lowest BCUT2D eigenvalue weighted by Gasteiger charge is -2.34. The molecule has 8 heteroatoms. The molecule has 130 valence electrons. The number of fused-ring (bicyclic) bond motifs is 1. The van der Waals surface area contributed by atoms with Crippen LogP contribution in [-0.4, -0.2) is 32.8 Å². The predicted octanol–water partition coefficient (Wildman–Crippen LogP) is 3.69. The van der Waals surface area contributed by atoms with Gasteiger partial charge in [-0.25, -0.2) is 0 Å². The molecule has 0 bridgehead atoms. The van der Waals surface area contributed by atoms with E-state index in [0.29, 0.717) is 0 Å². The molecular formula is C17H16F3N5. The van der Waals surface area contributed by atoms with Crippen molar-refractivity contribution in [3.05, 3.63) is 48.5 Å². The molecular weight excluding hydrogens is 331 g/mol. The number of piperidine rings is 1. The van der Waals surface area contributed by atoms with Gasteiger partial charge in [-0.05, 0) is 37.1 Å². The first-order valence-corrected chi connectivity index (χ1v) is 8.09. The Morgan fingerprint density at radius 3 is 2.52 bits per heavy atom. The molecule has 0 radical (unpaired) electrons. The Bertz CT molecular complexity index is 876. The third kappa shape index (κ3) is 3.04. The van der Waals surface area contributed by atoms with Crippen LogP contribution >= 0.6 is 0 Å². The van der Waals surface area contributed by atoms with Gasteiger partial charge in [-0.3, -0.25) is 14.6 Å². The van der Waals surface area contributed by atoms with E-state index in [1.807, 2.05) is 18.2 Å². The first-order valence-electron chi connectivity index (χ1n) is 8.09. The van der Waals surface area contributed by atoms with E-state index in [9.17, 15) is 13.2 Å². The third-order valence-electron chi connectivity index (χ3n) is 4.55. The van der Waals surface area contributed by atoms with E-state index in [1.165, 1.54) is 10.9 Å². The van der Waals surface area contributed by atoms with Gasteiger partial charge in [0.1, 0.15) is 5.52 Å². The van der Waals surface area contributed by atoms with Crippen LogP contribution in [0.3, 0.4) is 0 Å². The highest BCUT2D eigenvalue weighted by atomic mass is 19.4. The standard InChI is InChI=1S/C17H16F3N5/c18-17(19,20)15-6-11-25(23-15)12-4-9-24(10-5-12)14-3-8-21-13-2-1-7-22-16(13)14/h1-3,6-8,11-12H,4-5,9-10H2. The second kappa shape index (κ2) is 6.02. The van der Waals surface area contributed by atoms with E-state index >= 15 is 0 Å². The SMILES string of the molecule is FC(F)(F)c1ccn(C2CCN(c3ccnc4cccnc34)CC2)n1. The van der Waals surface area contributed by atoms with Crippen molar-refractivity contribution in [1.29, 1.82) is 0 Å². The van der Waals surface area contributed by atoms with E-state index in [-0.39, 0.29) is 6.04 Å². The van der Waals surface area contributed by atoms with Crippen molar-refractivity contribution < 1.29 is 13.2 Å². The Hall–Kier alpha value is -2.64. The van der Waals surface area contributed by atoms with Gasteiger partial charge in [-0.15, -0.1) is 0 Å².